The lowest BCUT2D eigenvalue weighted by molar-refractivity contribution is -0.120. The van der Waals surface area contributed by atoms with Gasteiger partial charge in [0.25, 0.3) is 5.91 Å². The molecule has 0 spiro atoms. The summed E-state index contributed by atoms with van der Waals surface area (Å²) in [7, 11) is 0. The van der Waals surface area contributed by atoms with Gasteiger partial charge in [-0.2, -0.15) is 0 Å². The third kappa shape index (κ3) is 6.96. The average Bonchev–Trinajstić information content (AvgIpc) is 2.74. The van der Waals surface area contributed by atoms with E-state index < -0.39 is 0 Å². The Balaban J connectivity index is 1.38. The van der Waals surface area contributed by atoms with Gasteiger partial charge in [-0.3, -0.25) is 9.59 Å². The second-order valence-electron chi connectivity index (χ2n) is 7.92. The molecule has 0 saturated carbocycles. The maximum atomic E-state index is 12.3. The van der Waals surface area contributed by atoms with Gasteiger partial charge in [0, 0.05) is 34.9 Å². The molecule has 5 nitrogen and oxygen atoms in total. The minimum Gasteiger partial charge on any atom is -0.356 e. The number of piperidine rings is 1. The van der Waals surface area contributed by atoms with Crippen molar-refractivity contribution in [1.29, 1.82) is 0 Å². The Morgan fingerprint density at radius 2 is 1.80 bits per heavy atom. The van der Waals surface area contributed by atoms with Crippen molar-refractivity contribution in [2.45, 2.75) is 45.1 Å². The zero-order valence-electron chi connectivity index (χ0n) is 17.5. The van der Waals surface area contributed by atoms with Gasteiger partial charge < -0.3 is 15.5 Å². The third-order valence-electron chi connectivity index (χ3n) is 5.57. The number of halogens is 1. The van der Waals surface area contributed by atoms with E-state index in [1.165, 1.54) is 25.8 Å². The Kier molecular flexibility index (Phi) is 8.46. The number of likely N-dealkylation sites (tertiary alicyclic amines) is 1. The second-order valence-corrected chi connectivity index (χ2v) is 8.83. The second kappa shape index (κ2) is 11.3. The summed E-state index contributed by atoms with van der Waals surface area (Å²) in [6.45, 7) is 5.24. The van der Waals surface area contributed by atoms with Crippen LogP contribution in [0.15, 0.2) is 53.0 Å². The highest BCUT2D eigenvalue weighted by Crippen LogP contribution is 2.16. The van der Waals surface area contributed by atoms with Gasteiger partial charge in [-0.15, -0.1) is 0 Å². The van der Waals surface area contributed by atoms with E-state index in [4.69, 9.17) is 0 Å². The molecule has 1 atom stereocenters. The molecular formula is C24H30BrN3O2. The van der Waals surface area contributed by atoms with Gasteiger partial charge in [-0.05, 0) is 74.7 Å². The molecule has 0 aromatic heterocycles. The van der Waals surface area contributed by atoms with Crippen molar-refractivity contribution >= 4 is 33.4 Å². The lowest BCUT2D eigenvalue weighted by Crippen LogP contribution is -2.39. The Labute approximate surface area is 187 Å². The average molecular weight is 472 g/mol. The number of benzene rings is 2. The normalized spacial score (nSPS) is 16.8. The summed E-state index contributed by atoms with van der Waals surface area (Å²) >= 11 is 3.36. The monoisotopic (exact) mass is 471 g/mol. The van der Waals surface area contributed by atoms with Crippen LogP contribution in [0.1, 0.15) is 48.5 Å². The van der Waals surface area contributed by atoms with E-state index in [0.717, 1.165) is 23.0 Å². The van der Waals surface area contributed by atoms with Crippen molar-refractivity contribution in [3.8, 4) is 0 Å². The summed E-state index contributed by atoms with van der Waals surface area (Å²) in [5.41, 5.74) is 2.24. The number of amides is 2. The number of carbonyl (C=O) groups excluding carboxylic acids is 2. The van der Waals surface area contributed by atoms with Gasteiger partial charge in [0.05, 0.1) is 6.42 Å². The third-order valence-corrected chi connectivity index (χ3v) is 6.10. The highest BCUT2D eigenvalue weighted by Gasteiger charge is 2.17. The zero-order chi connectivity index (χ0) is 21.3. The van der Waals surface area contributed by atoms with Crippen LogP contribution in [0.5, 0.6) is 0 Å². The molecule has 1 fully saturated rings. The van der Waals surface area contributed by atoms with E-state index in [1.807, 2.05) is 36.4 Å². The van der Waals surface area contributed by atoms with Crippen molar-refractivity contribution < 1.29 is 9.59 Å². The molecule has 30 heavy (non-hydrogen) atoms. The first-order valence-corrected chi connectivity index (χ1v) is 11.5. The molecule has 0 radical (unpaired) electrons. The van der Waals surface area contributed by atoms with Crippen LogP contribution < -0.4 is 10.6 Å². The van der Waals surface area contributed by atoms with Crippen LogP contribution in [0.2, 0.25) is 0 Å². The molecule has 3 rings (SSSR count). The Hall–Kier alpha value is -2.18. The molecule has 0 bridgehead atoms. The van der Waals surface area contributed by atoms with Gasteiger partial charge in [-0.1, -0.05) is 34.5 Å². The van der Waals surface area contributed by atoms with Crippen molar-refractivity contribution in [3.05, 3.63) is 64.1 Å². The molecular weight excluding hydrogens is 442 g/mol. The fraction of sp³-hybridized carbons (Fsp3) is 0.417. The van der Waals surface area contributed by atoms with E-state index in [-0.39, 0.29) is 11.8 Å². The number of hydrogen-bond acceptors (Lipinski definition) is 3. The summed E-state index contributed by atoms with van der Waals surface area (Å²) in [6, 6.07) is 15.3. The van der Waals surface area contributed by atoms with Crippen LogP contribution in [-0.4, -0.2) is 42.4 Å². The molecule has 1 aliphatic rings. The number of hydrogen-bond donors (Lipinski definition) is 2. The fourth-order valence-electron chi connectivity index (χ4n) is 3.76. The van der Waals surface area contributed by atoms with Gasteiger partial charge in [0.2, 0.25) is 5.91 Å². The van der Waals surface area contributed by atoms with E-state index in [0.29, 0.717) is 30.3 Å². The maximum Gasteiger partial charge on any atom is 0.255 e. The van der Waals surface area contributed by atoms with Gasteiger partial charge in [0.1, 0.15) is 0 Å². The molecule has 1 heterocycles. The van der Waals surface area contributed by atoms with Crippen LogP contribution in [0.4, 0.5) is 5.69 Å². The molecule has 1 saturated heterocycles. The lowest BCUT2D eigenvalue weighted by Gasteiger charge is -2.33. The van der Waals surface area contributed by atoms with Crippen LogP contribution in [0.3, 0.4) is 0 Å². The summed E-state index contributed by atoms with van der Waals surface area (Å²) in [5.74, 6) is -0.121. The van der Waals surface area contributed by atoms with E-state index in [2.05, 4.69) is 38.4 Å². The molecule has 2 aromatic carbocycles. The Bertz CT molecular complexity index is 837. The highest BCUT2D eigenvalue weighted by molar-refractivity contribution is 9.10. The predicted molar refractivity (Wildman–Crippen MR) is 125 cm³/mol. The van der Waals surface area contributed by atoms with Crippen molar-refractivity contribution in [2.24, 2.45) is 0 Å². The predicted octanol–water partition coefficient (Wildman–Crippen LogP) is 4.62. The summed E-state index contributed by atoms with van der Waals surface area (Å²) in [4.78, 5) is 27.0. The minimum absolute atomic E-state index is 0.0355. The van der Waals surface area contributed by atoms with Crippen LogP contribution >= 0.6 is 15.9 Å². The summed E-state index contributed by atoms with van der Waals surface area (Å²) in [6.07, 6.45) is 5.24. The number of nitrogens with one attached hydrogen (secondary N) is 2. The van der Waals surface area contributed by atoms with Crippen LogP contribution in [-0.2, 0) is 11.2 Å². The molecule has 1 unspecified atom stereocenters. The number of carbonyl (C=O) groups is 2. The standard InChI is InChI=1S/C24H30BrN3O2/c1-18-5-2-3-15-28(18)16-4-14-26-23(29)17-19-6-12-22(13-7-19)27-24(30)20-8-10-21(25)11-9-20/h6-13,18H,2-5,14-17H2,1H3,(H,26,29)(H,27,30). The van der Waals surface area contributed by atoms with Crippen LogP contribution in [0, 0.1) is 0 Å². The molecule has 2 aromatic rings. The van der Waals surface area contributed by atoms with Crippen molar-refractivity contribution in [1.82, 2.24) is 10.2 Å². The first kappa shape index (κ1) is 22.5. The molecule has 2 N–H and O–H groups in total. The fourth-order valence-corrected chi connectivity index (χ4v) is 4.02. The quantitative estimate of drug-likeness (QED) is 0.551. The largest absolute Gasteiger partial charge is 0.356 e. The highest BCUT2D eigenvalue weighted by atomic mass is 79.9. The number of rotatable bonds is 8. The van der Waals surface area contributed by atoms with Crippen LogP contribution in [0.25, 0.3) is 0 Å². The first-order valence-electron chi connectivity index (χ1n) is 10.7. The van der Waals surface area contributed by atoms with Crippen molar-refractivity contribution in [2.75, 3.05) is 25.0 Å². The van der Waals surface area contributed by atoms with Gasteiger partial charge in [-0.25, -0.2) is 0 Å². The molecule has 0 aliphatic carbocycles. The van der Waals surface area contributed by atoms with Gasteiger partial charge >= 0.3 is 0 Å². The number of anilines is 1. The molecule has 2 amide bonds. The van der Waals surface area contributed by atoms with Crippen molar-refractivity contribution in [3.63, 3.8) is 0 Å². The topological polar surface area (TPSA) is 61.4 Å². The van der Waals surface area contributed by atoms with E-state index in [9.17, 15) is 9.59 Å². The van der Waals surface area contributed by atoms with E-state index >= 15 is 0 Å². The maximum absolute atomic E-state index is 12.3. The van der Waals surface area contributed by atoms with Gasteiger partial charge in [0.15, 0.2) is 0 Å². The molecule has 160 valence electrons. The first-order chi connectivity index (χ1) is 14.5. The molecule has 6 heteroatoms. The number of nitrogens with zero attached hydrogens (tertiary/aromatic N) is 1. The SMILES string of the molecule is CC1CCCCN1CCCNC(=O)Cc1ccc(NC(=O)c2ccc(Br)cc2)cc1. The summed E-state index contributed by atoms with van der Waals surface area (Å²) < 4.78 is 0.933. The minimum atomic E-state index is -0.156. The smallest absolute Gasteiger partial charge is 0.255 e. The Morgan fingerprint density at radius 3 is 2.50 bits per heavy atom. The zero-order valence-corrected chi connectivity index (χ0v) is 19.1. The Morgan fingerprint density at radius 1 is 1.07 bits per heavy atom. The van der Waals surface area contributed by atoms with E-state index in [1.54, 1.807) is 12.1 Å². The molecule has 1 aliphatic heterocycles. The lowest BCUT2D eigenvalue weighted by atomic mass is 10.0. The summed E-state index contributed by atoms with van der Waals surface area (Å²) in [5, 5.41) is 5.89.